The molecule has 29 heavy (non-hydrogen) atoms. The average Bonchev–Trinajstić information content (AvgIpc) is 2.95. The summed E-state index contributed by atoms with van der Waals surface area (Å²) in [5.41, 5.74) is 0. The van der Waals surface area contributed by atoms with E-state index in [9.17, 15) is 0 Å². The molecule has 7 heteroatoms. The summed E-state index contributed by atoms with van der Waals surface area (Å²) in [5.74, 6) is 4.55. The third-order valence-corrected chi connectivity index (χ3v) is 5.96. The summed E-state index contributed by atoms with van der Waals surface area (Å²) in [6, 6.07) is 2.19. The standard InChI is InChI=1S/C22H38N6S/c1-16(2)13-23-22(29)26-21-24-19(27-9-7-5-6-8-10-27)12-20(25-21)28-14-17(3)11-18(4)15-28/h12,16-18H,5-11,13-15H2,1-4H3,(H2,23,24,25,26,29)/t17-,18-/m1/s1. The van der Waals surface area contributed by atoms with Gasteiger partial charge in [-0.25, -0.2) is 0 Å². The first kappa shape index (κ1) is 22.1. The second kappa shape index (κ2) is 10.4. The summed E-state index contributed by atoms with van der Waals surface area (Å²) >= 11 is 5.48. The van der Waals surface area contributed by atoms with Gasteiger partial charge >= 0.3 is 0 Å². The van der Waals surface area contributed by atoms with Gasteiger partial charge in [-0.05, 0) is 49.2 Å². The quantitative estimate of drug-likeness (QED) is 0.692. The zero-order chi connectivity index (χ0) is 20.8. The fraction of sp³-hybridized carbons (Fsp3) is 0.773. The molecule has 0 unspecified atom stereocenters. The minimum Gasteiger partial charge on any atom is -0.362 e. The molecule has 0 aromatic carbocycles. The van der Waals surface area contributed by atoms with Crippen LogP contribution in [0.3, 0.4) is 0 Å². The molecule has 2 N–H and O–H groups in total. The summed E-state index contributed by atoms with van der Waals surface area (Å²) < 4.78 is 0. The lowest BCUT2D eigenvalue weighted by Crippen LogP contribution is -2.39. The molecule has 0 bridgehead atoms. The highest BCUT2D eigenvalue weighted by Gasteiger charge is 2.24. The molecule has 1 aromatic heterocycles. The Labute approximate surface area is 181 Å². The van der Waals surface area contributed by atoms with E-state index >= 15 is 0 Å². The fourth-order valence-electron chi connectivity index (χ4n) is 4.39. The molecular weight excluding hydrogens is 380 g/mol. The lowest BCUT2D eigenvalue weighted by atomic mass is 9.92. The lowest BCUT2D eigenvalue weighted by Gasteiger charge is -2.36. The van der Waals surface area contributed by atoms with Crippen LogP contribution in [0.15, 0.2) is 6.07 Å². The van der Waals surface area contributed by atoms with Crippen LogP contribution in [0.5, 0.6) is 0 Å². The van der Waals surface area contributed by atoms with Crippen molar-refractivity contribution in [1.82, 2.24) is 15.3 Å². The van der Waals surface area contributed by atoms with Crippen LogP contribution in [-0.2, 0) is 0 Å². The number of nitrogens with one attached hydrogen (secondary N) is 2. The lowest BCUT2D eigenvalue weighted by molar-refractivity contribution is 0.355. The van der Waals surface area contributed by atoms with Crippen molar-refractivity contribution < 1.29 is 0 Å². The van der Waals surface area contributed by atoms with Gasteiger partial charge in [0, 0.05) is 38.8 Å². The largest absolute Gasteiger partial charge is 0.362 e. The van der Waals surface area contributed by atoms with Gasteiger partial charge in [-0.15, -0.1) is 0 Å². The van der Waals surface area contributed by atoms with Crippen molar-refractivity contribution in [3.8, 4) is 0 Å². The van der Waals surface area contributed by atoms with Crippen LogP contribution in [0.4, 0.5) is 17.6 Å². The van der Waals surface area contributed by atoms with Crippen LogP contribution >= 0.6 is 12.2 Å². The number of rotatable bonds is 5. The molecule has 2 fully saturated rings. The van der Waals surface area contributed by atoms with Crippen molar-refractivity contribution in [2.45, 2.75) is 59.8 Å². The molecule has 2 aliphatic rings. The highest BCUT2D eigenvalue weighted by molar-refractivity contribution is 7.80. The molecule has 3 rings (SSSR count). The van der Waals surface area contributed by atoms with Crippen molar-refractivity contribution in [3.05, 3.63) is 6.07 Å². The third kappa shape index (κ3) is 6.69. The predicted octanol–water partition coefficient (Wildman–Crippen LogP) is 4.28. The zero-order valence-corrected chi connectivity index (χ0v) is 19.4. The third-order valence-electron chi connectivity index (χ3n) is 5.72. The van der Waals surface area contributed by atoms with E-state index in [-0.39, 0.29) is 0 Å². The number of aromatic nitrogens is 2. The topological polar surface area (TPSA) is 56.3 Å². The summed E-state index contributed by atoms with van der Waals surface area (Å²) in [6.45, 7) is 14.1. The highest BCUT2D eigenvalue weighted by Crippen LogP contribution is 2.29. The summed E-state index contributed by atoms with van der Waals surface area (Å²) in [7, 11) is 0. The normalized spacial score (nSPS) is 23.1. The van der Waals surface area contributed by atoms with Crippen molar-refractivity contribution in [2.24, 2.45) is 17.8 Å². The first-order chi connectivity index (χ1) is 13.9. The molecular formula is C22H38N6S. The zero-order valence-electron chi connectivity index (χ0n) is 18.6. The molecule has 3 heterocycles. The van der Waals surface area contributed by atoms with Gasteiger partial charge in [-0.1, -0.05) is 40.5 Å². The smallest absolute Gasteiger partial charge is 0.232 e. The number of hydrogen-bond acceptors (Lipinski definition) is 5. The maximum atomic E-state index is 5.48. The van der Waals surface area contributed by atoms with E-state index < -0.39 is 0 Å². The molecule has 0 spiro atoms. The summed E-state index contributed by atoms with van der Waals surface area (Å²) in [4.78, 5) is 14.6. The van der Waals surface area contributed by atoms with Crippen LogP contribution in [-0.4, -0.2) is 47.8 Å². The number of piperidine rings is 1. The molecule has 162 valence electrons. The van der Waals surface area contributed by atoms with Crippen LogP contribution in [0.25, 0.3) is 0 Å². The number of hydrogen-bond donors (Lipinski definition) is 2. The summed E-state index contributed by atoms with van der Waals surface area (Å²) in [5, 5.41) is 7.10. The van der Waals surface area contributed by atoms with Gasteiger partial charge < -0.3 is 20.4 Å². The molecule has 0 aliphatic carbocycles. The maximum Gasteiger partial charge on any atom is 0.232 e. The van der Waals surface area contributed by atoms with E-state index in [1.165, 1.54) is 32.1 Å². The first-order valence-corrected chi connectivity index (χ1v) is 11.8. The molecule has 0 radical (unpaired) electrons. The molecule has 2 saturated heterocycles. The van der Waals surface area contributed by atoms with Gasteiger partial charge in [0.15, 0.2) is 5.11 Å². The Morgan fingerprint density at radius 3 is 2.21 bits per heavy atom. The van der Waals surface area contributed by atoms with Crippen LogP contribution in [0, 0.1) is 17.8 Å². The molecule has 0 amide bonds. The van der Waals surface area contributed by atoms with Gasteiger partial charge in [-0.2, -0.15) is 9.97 Å². The minimum absolute atomic E-state index is 0.533. The minimum atomic E-state index is 0.533. The van der Waals surface area contributed by atoms with E-state index in [0.717, 1.165) is 44.4 Å². The van der Waals surface area contributed by atoms with Gasteiger partial charge in [0.25, 0.3) is 0 Å². The van der Waals surface area contributed by atoms with Crippen molar-refractivity contribution in [3.63, 3.8) is 0 Å². The second-order valence-corrected chi connectivity index (χ2v) is 9.80. The molecule has 2 atom stereocenters. The van der Waals surface area contributed by atoms with Crippen molar-refractivity contribution in [2.75, 3.05) is 47.8 Å². The van der Waals surface area contributed by atoms with Gasteiger partial charge in [0.2, 0.25) is 5.95 Å². The Bertz CT molecular complexity index is 661. The van der Waals surface area contributed by atoms with E-state index in [1.807, 2.05) is 0 Å². The second-order valence-electron chi connectivity index (χ2n) is 9.39. The predicted molar refractivity (Wildman–Crippen MR) is 127 cm³/mol. The first-order valence-electron chi connectivity index (χ1n) is 11.3. The van der Waals surface area contributed by atoms with E-state index in [2.05, 4.69) is 54.2 Å². The molecule has 2 aliphatic heterocycles. The Kier molecular flexibility index (Phi) is 7.92. The number of nitrogens with zero attached hydrogens (tertiary/aromatic N) is 4. The molecule has 6 nitrogen and oxygen atoms in total. The van der Waals surface area contributed by atoms with Crippen molar-refractivity contribution in [1.29, 1.82) is 0 Å². The van der Waals surface area contributed by atoms with E-state index in [0.29, 0.717) is 28.8 Å². The Morgan fingerprint density at radius 2 is 1.62 bits per heavy atom. The highest BCUT2D eigenvalue weighted by atomic mass is 32.1. The summed E-state index contributed by atoms with van der Waals surface area (Å²) in [6.07, 6.45) is 6.37. The Morgan fingerprint density at radius 1 is 1.03 bits per heavy atom. The van der Waals surface area contributed by atoms with Gasteiger partial charge in [0.05, 0.1) is 0 Å². The molecule has 1 aromatic rings. The van der Waals surface area contributed by atoms with Gasteiger partial charge in [0.1, 0.15) is 11.6 Å². The Balaban J connectivity index is 1.83. The van der Waals surface area contributed by atoms with Gasteiger partial charge in [-0.3, -0.25) is 0 Å². The molecule has 0 saturated carbocycles. The van der Waals surface area contributed by atoms with E-state index in [1.54, 1.807) is 0 Å². The fourth-order valence-corrected chi connectivity index (χ4v) is 4.57. The van der Waals surface area contributed by atoms with Crippen LogP contribution in [0.2, 0.25) is 0 Å². The number of thiocarbonyl (C=S) groups is 1. The van der Waals surface area contributed by atoms with Crippen molar-refractivity contribution >= 4 is 34.9 Å². The Hall–Kier alpha value is -1.63. The van der Waals surface area contributed by atoms with E-state index in [4.69, 9.17) is 22.2 Å². The number of anilines is 3. The SMILES string of the molecule is CC(C)CNC(=S)Nc1nc(N2CCCCCC2)cc(N2C[C@H](C)C[C@@H](C)C2)n1. The van der Waals surface area contributed by atoms with Crippen LogP contribution in [0.1, 0.15) is 59.8 Å². The maximum absolute atomic E-state index is 5.48. The average molecular weight is 419 g/mol. The monoisotopic (exact) mass is 418 g/mol. The van der Waals surface area contributed by atoms with Crippen LogP contribution < -0.4 is 20.4 Å².